The number of nitrogens with one attached hydrogen (secondary N) is 2. The van der Waals surface area contributed by atoms with Crippen LogP contribution in [-0.2, 0) is 12.7 Å². The van der Waals surface area contributed by atoms with Crippen LogP contribution in [0.4, 0.5) is 29.3 Å². The summed E-state index contributed by atoms with van der Waals surface area (Å²) in [5.74, 6) is -0.0807. The molecule has 3 amide bonds. The van der Waals surface area contributed by atoms with E-state index < -0.39 is 23.8 Å². The molecule has 1 aliphatic rings. The molecule has 0 bridgehead atoms. The summed E-state index contributed by atoms with van der Waals surface area (Å²) in [5, 5.41) is 15.1. The predicted molar refractivity (Wildman–Crippen MR) is 180 cm³/mol. The molecule has 8 nitrogen and oxygen atoms in total. The first kappa shape index (κ1) is 34.5. The topological polar surface area (TPSA) is 94.1 Å². The van der Waals surface area contributed by atoms with Crippen LogP contribution in [0.1, 0.15) is 35.3 Å². The van der Waals surface area contributed by atoms with E-state index in [0.717, 1.165) is 41.0 Å². The lowest BCUT2D eigenvalue weighted by Crippen LogP contribution is -2.49. The van der Waals surface area contributed by atoms with Crippen molar-refractivity contribution >= 4 is 23.3 Å². The van der Waals surface area contributed by atoms with Gasteiger partial charge in [0.05, 0.1) is 23.8 Å². The molecule has 0 radical (unpaired) electrons. The van der Waals surface area contributed by atoms with Gasteiger partial charge in [0.25, 0.3) is 5.91 Å². The van der Waals surface area contributed by atoms with Crippen molar-refractivity contribution in [1.29, 1.82) is 0 Å². The number of hydrogen-bond acceptors (Lipinski definition) is 5. The van der Waals surface area contributed by atoms with Crippen LogP contribution in [0.15, 0.2) is 97.1 Å². The maximum Gasteiger partial charge on any atom is 0.416 e. The Kier molecular flexibility index (Phi) is 10.7. The first-order chi connectivity index (χ1) is 22.9. The molecule has 1 aliphatic heterocycles. The van der Waals surface area contributed by atoms with Gasteiger partial charge in [0, 0.05) is 36.9 Å². The Morgan fingerprint density at radius 2 is 1.58 bits per heavy atom. The third kappa shape index (κ3) is 8.53. The van der Waals surface area contributed by atoms with Gasteiger partial charge < -0.3 is 25.4 Å². The third-order valence-electron chi connectivity index (χ3n) is 8.40. The minimum absolute atomic E-state index is 0.0775. The molecule has 0 fully saturated rings. The number of benzene rings is 4. The Hall–Kier alpha value is -4.87. The highest BCUT2D eigenvalue weighted by molar-refractivity contribution is 6.02. The predicted octanol–water partition coefficient (Wildman–Crippen LogP) is 7.37. The molecule has 0 saturated carbocycles. The van der Waals surface area contributed by atoms with E-state index in [2.05, 4.69) is 51.9 Å². The number of carbonyl (C=O) groups excluding carboxylic acids is 2. The van der Waals surface area contributed by atoms with Crippen molar-refractivity contribution in [3.63, 3.8) is 0 Å². The second-order valence-electron chi connectivity index (χ2n) is 12.2. The Morgan fingerprint density at radius 3 is 2.23 bits per heavy atom. The van der Waals surface area contributed by atoms with Crippen molar-refractivity contribution in [3.05, 3.63) is 114 Å². The molecule has 0 aromatic heterocycles. The number of ether oxygens (including phenoxy) is 1. The number of urea groups is 1. The summed E-state index contributed by atoms with van der Waals surface area (Å²) in [6, 6.07) is 26.3. The highest BCUT2D eigenvalue weighted by atomic mass is 19.4. The lowest BCUT2D eigenvalue weighted by Gasteiger charge is -2.38. The van der Waals surface area contributed by atoms with Gasteiger partial charge in [0.15, 0.2) is 0 Å². The molecule has 0 spiro atoms. The van der Waals surface area contributed by atoms with Crippen LogP contribution in [0.3, 0.4) is 0 Å². The van der Waals surface area contributed by atoms with Crippen molar-refractivity contribution in [3.8, 4) is 16.9 Å². The van der Waals surface area contributed by atoms with Gasteiger partial charge in [0.1, 0.15) is 11.9 Å². The SMILES string of the molecule is C[C@H]1CN([C@@H](C)CO)C(=O)c2cc(NC(=O)Nc3ccc(C(F)(F)F)cc3)ccc2O[C@H]1CN(C)Cc1ccc(-c2ccccc2)cc1. The van der Waals surface area contributed by atoms with Crippen LogP contribution < -0.4 is 15.4 Å². The molecule has 1 heterocycles. The fourth-order valence-corrected chi connectivity index (χ4v) is 5.67. The van der Waals surface area contributed by atoms with Crippen LogP contribution >= 0.6 is 0 Å². The number of alkyl halides is 3. The molecule has 0 unspecified atom stereocenters. The van der Waals surface area contributed by atoms with Crippen LogP contribution in [0.5, 0.6) is 5.75 Å². The van der Waals surface area contributed by atoms with Gasteiger partial charge in [-0.05, 0) is 73.1 Å². The molecular weight excluding hydrogens is 621 g/mol. The summed E-state index contributed by atoms with van der Waals surface area (Å²) < 4.78 is 45.2. The summed E-state index contributed by atoms with van der Waals surface area (Å²) in [5.41, 5.74) is 3.29. The summed E-state index contributed by atoms with van der Waals surface area (Å²) in [6.07, 6.45) is -4.79. The van der Waals surface area contributed by atoms with Crippen LogP contribution in [-0.4, -0.2) is 65.7 Å². The third-order valence-corrected chi connectivity index (χ3v) is 8.40. The van der Waals surface area contributed by atoms with E-state index in [0.29, 0.717) is 25.4 Å². The molecule has 3 atom stereocenters. The first-order valence-corrected chi connectivity index (χ1v) is 15.7. The standard InChI is InChI=1S/C37H39F3N4O4/c1-24-20-44(25(2)23-45)35(46)32-19-31(42-36(47)41-30-15-13-29(14-16-30)37(38,39)40)17-18-33(32)48-34(24)22-43(3)21-26-9-11-28(12-10-26)27-7-5-4-6-8-27/h4-19,24-25,34,45H,20-23H2,1-3H3,(H2,41,42,47)/t24-,25-,34-/m0/s1. The van der Waals surface area contributed by atoms with Gasteiger partial charge in [-0.25, -0.2) is 4.79 Å². The molecule has 252 valence electrons. The summed E-state index contributed by atoms with van der Waals surface area (Å²) in [4.78, 5) is 30.3. The molecular formula is C37H39F3N4O4. The number of fused-ring (bicyclic) bond motifs is 1. The van der Waals surface area contributed by atoms with Gasteiger partial charge in [-0.2, -0.15) is 13.2 Å². The smallest absolute Gasteiger partial charge is 0.416 e. The highest BCUT2D eigenvalue weighted by Crippen LogP contribution is 2.32. The molecule has 4 aromatic rings. The van der Waals surface area contributed by atoms with Gasteiger partial charge in [-0.1, -0.05) is 61.5 Å². The highest BCUT2D eigenvalue weighted by Gasteiger charge is 2.34. The van der Waals surface area contributed by atoms with Gasteiger partial charge in [-0.15, -0.1) is 0 Å². The Bertz CT molecular complexity index is 1700. The molecule has 11 heteroatoms. The van der Waals surface area contributed by atoms with E-state index in [-0.39, 0.29) is 41.5 Å². The molecule has 48 heavy (non-hydrogen) atoms. The summed E-state index contributed by atoms with van der Waals surface area (Å²) >= 11 is 0. The lowest BCUT2D eigenvalue weighted by molar-refractivity contribution is -0.137. The fourth-order valence-electron chi connectivity index (χ4n) is 5.67. The maximum atomic E-state index is 13.8. The zero-order chi connectivity index (χ0) is 34.4. The van der Waals surface area contributed by atoms with Crippen LogP contribution in [0.2, 0.25) is 0 Å². The molecule has 0 saturated heterocycles. The minimum atomic E-state index is -4.49. The quantitative estimate of drug-likeness (QED) is 0.174. The molecule has 5 rings (SSSR count). The van der Waals surface area contributed by atoms with Crippen molar-refractivity contribution in [2.24, 2.45) is 5.92 Å². The number of aliphatic hydroxyl groups is 1. The maximum absolute atomic E-state index is 13.8. The van der Waals surface area contributed by atoms with Crippen molar-refractivity contribution in [1.82, 2.24) is 9.80 Å². The van der Waals surface area contributed by atoms with E-state index in [1.807, 2.05) is 32.2 Å². The number of halogens is 3. The van der Waals surface area contributed by atoms with E-state index in [1.165, 1.54) is 6.07 Å². The average Bonchev–Trinajstić information content (AvgIpc) is 3.06. The average molecular weight is 661 g/mol. The fraction of sp³-hybridized carbons (Fsp3) is 0.297. The number of carbonyl (C=O) groups is 2. The number of likely N-dealkylation sites (N-methyl/N-ethyl adjacent to an activating group) is 1. The lowest BCUT2D eigenvalue weighted by atomic mass is 9.99. The van der Waals surface area contributed by atoms with Gasteiger partial charge in [-0.3, -0.25) is 9.69 Å². The number of amides is 3. The Morgan fingerprint density at radius 1 is 0.958 bits per heavy atom. The monoisotopic (exact) mass is 660 g/mol. The van der Waals surface area contributed by atoms with Crippen molar-refractivity contribution in [2.75, 3.05) is 37.4 Å². The second kappa shape index (κ2) is 14.9. The largest absolute Gasteiger partial charge is 0.488 e. The second-order valence-corrected chi connectivity index (χ2v) is 12.2. The van der Waals surface area contributed by atoms with Crippen molar-refractivity contribution < 1.29 is 32.6 Å². The zero-order valence-electron chi connectivity index (χ0n) is 27.0. The van der Waals surface area contributed by atoms with Crippen LogP contribution in [0.25, 0.3) is 11.1 Å². The Labute approximate surface area is 278 Å². The van der Waals surface area contributed by atoms with Gasteiger partial charge >= 0.3 is 12.2 Å². The van der Waals surface area contributed by atoms with Crippen molar-refractivity contribution in [2.45, 2.75) is 38.7 Å². The molecule has 0 aliphatic carbocycles. The van der Waals surface area contributed by atoms with E-state index >= 15 is 0 Å². The first-order valence-electron chi connectivity index (χ1n) is 15.7. The normalized spacial score (nSPS) is 17.2. The van der Waals surface area contributed by atoms with E-state index in [4.69, 9.17) is 4.74 Å². The number of rotatable bonds is 9. The molecule has 4 aromatic carbocycles. The summed E-state index contributed by atoms with van der Waals surface area (Å²) in [6.45, 7) is 5.14. The number of aliphatic hydroxyl groups excluding tert-OH is 1. The van der Waals surface area contributed by atoms with E-state index in [1.54, 1.807) is 24.0 Å². The summed E-state index contributed by atoms with van der Waals surface area (Å²) in [7, 11) is 2.02. The van der Waals surface area contributed by atoms with Crippen LogP contribution in [0, 0.1) is 5.92 Å². The minimum Gasteiger partial charge on any atom is -0.488 e. The van der Waals surface area contributed by atoms with Gasteiger partial charge in [0.2, 0.25) is 0 Å². The number of nitrogens with zero attached hydrogens (tertiary/aromatic N) is 2. The number of anilines is 2. The molecule has 3 N–H and O–H groups in total. The number of hydrogen-bond donors (Lipinski definition) is 3. The Balaban J connectivity index is 1.30. The zero-order valence-corrected chi connectivity index (χ0v) is 27.0. The van der Waals surface area contributed by atoms with E-state index in [9.17, 15) is 27.9 Å².